The monoisotopic (exact) mass is 307 g/mol. The van der Waals surface area contributed by atoms with Crippen molar-refractivity contribution in [1.82, 2.24) is 14.5 Å². The van der Waals surface area contributed by atoms with Crippen LogP contribution in [0.1, 0.15) is 32.1 Å². The Labute approximate surface area is 131 Å². The van der Waals surface area contributed by atoms with Gasteiger partial charge in [-0.25, -0.2) is 0 Å². The third-order valence-electron chi connectivity index (χ3n) is 4.97. The number of piperazine rings is 1. The minimum atomic E-state index is -0.385. The van der Waals surface area contributed by atoms with Gasteiger partial charge in [0.2, 0.25) is 12.1 Å². The summed E-state index contributed by atoms with van der Waals surface area (Å²) in [7, 11) is 1.82. The molecule has 0 spiro atoms. The average Bonchev–Trinajstić information content (AvgIpc) is 2.91. The highest BCUT2D eigenvalue weighted by Crippen LogP contribution is 2.28. The van der Waals surface area contributed by atoms with Gasteiger partial charge < -0.3 is 15.0 Å². The van der Waals surface area contributed by atoms with Gasteiger partial charge in [-0.2, -0.15) is 0 Å². The second-order valence-corrected chi connectivity index (χ2v) is 6.55. The molecule has 7 heteroatoms. The molecule has 2 heterocycles. The molecule has 3 rings (SSSR count). The standard InChI is InChI=1S/C15H25N5O2/c1-17-12-16-14(20(21)22)15(17)19-9-7-18(8-10-19)11-13-5-3-2-4-6-13/h12-13H,2-11H2,1H3. The highest BCUT2D eigenvalue weighted by atomic mass is 16.6. The van der Waals surface area contributed by atoms with E-state index in [0.717, 1.165) is 32.1 Å². The number of rotatable bonds is 4. The zero-order valence-corrected chi connectivity index (χ0v) is 13.3. The lowest BCUT2D eigenvalue weighted by atomic mass is 9.89. The molecule has 22 heavy (non-hydrogen) atoms. The molecule has 1 aromatic heterocycles. The summed E-state index contributed by atoms with van der Waals surface area (Å²) >= 11 is 0. The number of nitrogens with zero attached hydrogens (tertiary/aromatic N) is 5. The third kappa shape index (κ3) is 3.24. The van der Waals surface area contributed by atoms with E-state index in [4.69, 9.17) is 0 Å². The van der Waals surface area contributed by atoms with Gasteiger partial charge in [0.25, 0.3) is 0 Å². The Morgan fingerprint density at radius 2 is 1.91 bits per heavy atom. The van der Waals surface area contributed by atoms with Gasteiger partial charge in [-0.3, -0.25) is 9.47 Å². The Morgan fingerprint density at radius 1 is 1.23 bits per heavy atom. The summed E-state index contributed by atoms with van der Waals surface area (Å²) in [6.07, 6.45) is 8.43. The SMILES string of the molecule is Cn1cnc([N+](=O)[O-])c1N1CCN(CC2CCCCC2)CC1. The van der Waals surface area contributed by atoms with Gasteiger partial charge in [0.15, 0.2) is 0 Å². The van der Waals surface area contributed by atoms with Crippen LogP contribution in [0.2, 0.25) is 0 Å². The van der Waals surface area contributed by atoms with Gasteiger partial charge in [-0.15, -0.1) is 0 Å². The Hall–Kier alpha value is -1.63. The van der Waals surface area contributed by atoms with Crippen molar-refractivity contribution in [2.24, 2.45) is 13.0 Å². The van der Waals surface area contributed by atoms with E-state index in [1.165, 1.54) is 45.0 Å². The molecule has 0 atom stereocenters. The summed E-state index contributed by atoms with van der Waals surface area (Å²) in [4.78, 5) is 19.2. The summed E-state index contributed by atoms with van der Waals surface area (Å²) in [5.41, 5.74) is 0. The number of aromatic nitrogens is 2. The Morgan fingerprint density at radius 3 is 2.55 bits per heavy atom. The number of anilines is 1. The molecule has 7 nitrogen and oxygen atoms in total. The van der Waals surface area contributed by atoms with Crippen molar-refractivity contribution in [3.63, 3.8) is 0 Å². The zero-order valence-electron chi connectivity index (χ0n) is 13.3. The fourth-order valence-electron chi connectivity index (χ4n) is 3.78. The molecule has 1 aliphatic heterocycles. The van der Waals surface area contributed by atoms with Gasteiger partial charge in [0, 0.05) is 39.8 Å². The molecule has 122 valence electrons. The summed E-state index contributed by atoms with van der Waals surface area (Å²) < 4.78 is 1.76. The van der Waals surface area contributed by atoms with Crippen LogP contribution in [-0.2, 0) is 7.05 Å². The van der Waals surface area contributed by atoms with Crippen LogP contribution in [0.5, 0.6) is 0 Å². The van der Waals surface area contributed by atoms with Crippen molar-refractivity contribution >= 4 is 11.6 Å². The lowest BCUT2D eigenvalue weighted by Crippen LogP contribution is -2.48. The minimum Gasteiger partial charge on any atom is -0.358 e. The molecule has 1 saturated carbocycles. The number of imidazole rings is 1. The van der Waals surface area contributed by atoms with Crippen LogP contribution in [0.4, 0.5) is 11.6 Å². The third-order valence-corrected chi connectivity index (χ3v) is 4.97. The maximum atomic E-state index is 11.1. The lowest BCUT2D eigenvalue weighted by Gasteiger charge is -2.37. The van der Waals surface area contributed by atoms with Crippen LogP contribution in [0.25, 0.3) is 0 Å². The van der Waals surface area contributed by atoms with Crippen LogP contribution in [0.3, 0.4) is 0 Å². The van der Waals surface area contributed by atoms with E-state index in [1.54, 1.807) is 4.57 Å². The predicted octanol–water partition coefficient (Wildman–Crippen LogP) is 2.03. The smallest absolute Gasteiger partial charge is 0.358 e. The molecule has 0 aromatic carbocycles. The summed E-state index contributed by atoms with van der Waals surface area (Å²) in [5.74, 6) is 1.47. The summed E-state index contributed by atoms with van der Waals surface area (Å²) in [5, 5.41) is 11.1. The number of hydrogen-bond donors (Lipinski definition) is 0. The molecule has 0 amide bonds. The van der Waals surface area contributed by atoms with E-state index in [0.29, 0.717) is 5.82 Å². The first-order chi connectivity index (χ1) is 10.6. The van der Waals surface area contributed by atoms with E-state index in [2.05, 4.69) is 14.8 Å². The van der Waals surface area contributed by atoms with E-state index >= 15 is 0 Å². The van der Waals surface area contributed by atoms with Gasteiger partial charge in [-0.05, 0) is 28.7 Å². The molecule has 0 N–H and O–H groups in total. The molecule has 0 bridgehead atoms. The van der Waals surface area contributed by atoms with E-state index in [-0.39, 0.29) is 10.7 Å². The van der Waals surface area contributed by atoms with Gasteiger partial charge in [0.1, 0.15) is 0 Å². The second kappa shape index (κ2) is 6.64. The maximum Gasteiger partial charge on any atom is 0.406 e. The highest BCUT2D eigenvalue weighted by Gasteiger charge is 2.29. The molecular formula is C15H25N5O2. The average molecular weight is 307 g/mol. The van der Waals surface area contributed by atoms with Crippen molar-refractivity contribution in [3.05, 3.63) is 16.4 Å². The van der Waals surface area contributed by atoms with Crippen LogP contribution in [0.15, 0.2) is 6.33 Å². The van der Waals surface area contributed by atoms with E-state index < -0.39 is 0 Å². The first kappa shape index (κ1) is 15.3. The maximum absolute atomic E-state index is 11.1. The predicted molar refractivity (Wildman–Crippen MR) is 85.1 cm³/mol. The van der Waals surface area contributed by atoms with Crippen LogP contribution >= 0.6 is 0 Å². The number of aryl methyl sites for hydroxylation is 1. The Bertz CT molecular complexity index is 516. The number of nitro groups is 1. The van der Waals surface area contributed by atoms with Crippen molar-refractivity contribution < 1.29 is 4.92 Å². The first-order valence-electron chi connectivity index (χ1n) is 8.28. The quantitative estimate of drug-likeness (QED) is 0.629. The molecule has 0 radical (unpaired) electrons. The molecule has 1 saturated heterocycles. The van der Waals surface area contributed by atoms with Crippen LogP contribution in [-0.4, -0.2) is 52.1 Å². The van der Waals surface area contributed by atoms with Gasteiger partial charge in [0.05, 0.1) is 0 Å². The summed E-state index contributed by atoms with van der Waals surface area (Å²) in [6.45, 7) is 4.85. The molecule has 2 aliphatic rings. The van der Waals surface area contributed by atoms with Crippen molar-refractivity contribution in [3.8, 4) is 0 Å². The normalized spacial score (nSPS) is 21.2. The van der Waals surface area contributed by atoms with E-state index in [9.17, 15) is 10.1 Å². The van der Waals surface area contributed by atoms with Crippen molar-refractivity contribution in [2.75, 3.05) is 37.6 Å². The summed E-state index contributed by atoms with van der Waals surface area (Å²) in [6, 6.07) is 0. The molecule has 1 aromatic rings. The Balaban J connectivity index is 1.57. The van der Waals surface area contributed by atoms with Crippen LogP contribution < -0.4 is 4.90 Å². The highest BCUT2D eigenvalue weighted by molar-refractivity contribution is 5.54. The molecule has 0 unspecified atom stereocenters. The van der Waals surface area contributed by atoms with Gasteiger partial charge >= 0.3 is 5.82 Å². The zero-order chi connectivity index (χ0) is 15.5. The fourth-order valence-corrected chi connectivity index (χ4v) is 3.78. The molecular weight excluding hydrogens is 282 g/mol. The second-order valence-electron chi connectivity index (χ2n) is 6.55. The first-order valence-corrected chi connectivity index (χ1v) is 8.28. The molecule has 1 aliphatic carbocycles. The van der Waals surface area contributed by atoms with Gasteiger partial charge in [-0.1, -0.05) is 19.3 Å². The van der Waals surface area contributed by atoms with E-state index in [1.807, 2.05) is 7.05 Å². The largest absolute Gasteiger partial charge is 0.406 e. The lowest BCUT2D eigenvalue weighted by molar-refractivity contribution is -0.388. The van der Waals surface area contributed by atoms with Crippen molar-refractivity contribution in [1.29, 1.82) is 0 Å². The number of hydrogen-bond acceptors (Lipinski definition) is 5. The fraction of sp³-hybridized carbons (Fsp3) is 0.800. The Kier molecular flexibility index (Phi) is 4.61. The topological polar surface area (TPSA) is 67.4 Å². The van der Waals surface area contributed by atoms with Crippen molar-refractivity contribution in [2.45, 2.75) is 32.1 Å². The minimum absolute atomic E-state index is 0.0248. The van der Waals surface area contributed by atoms with Crippen LogP contribution in [0, 0.1) is 16.0 Å². The molecule has 2 fully saturated rings.